The first-order valence-corrected chi connectivity index (χ1v) is 2.26. The highest BCUT2D eigenvalue weighted by Crippen LogP contribution is 2.17. The van der Waals surface area contributed by atoms with Gasteiger partial charge in [0.25, 0.3) is 0 Å². The minimum absolute atomic E-state index is 0.264. The van der Waals surface area contributed by atoms with E-state index < -0.39 is 0 Å². The maximum Gasteiger partial charge on any atom is 0.0964 e. The molecule has 0 heterocycles. The van der Waals surface area contributed by atoms with E-state index in [2.05, 4.69) is 27.4 Å². The quantitative estimate of drug-likeness (QED) is 0.363. The third-order valence-electron chi connectivity index (χ3n) is 0.931. The third kappa shape index (κ3) is 2.32. The van der Waals surface area contributed by atoms with Crippen LogP contribution in [0.25, 0.3) is 0 Å². The summed E-state index contributed by atoms with van der Waals surface area (Å²) in [5.41, 5.74) is -0.264. The lowest BCUT2D eigenvalue weighted by Gasteiger charge is -2.10. The number of allylic oxidation sites excluding steroid dienone is 1. The first kappa shape index (κ1) is 6.61. The zero-order chi connectivity index (χ0) is 5.91. The van der Waals surface area contributed by atoms with Crippen LogP contribution in [0, 0.1) is 26.2 Å². The summed E-state index contributed by atoms with van der Waals surface area (Å²) in [5, 5.41) is 0. The van der Waals surface area contributed by atoms with Crippen LogP contribution in [-0.4, -0.2) is 0 Å². The predicted octanol–water partition coefficient (Wildman–Crippen LogP) is 2.05. The zero-order valence-electron chi connectivity index (χ0n) is 4.61. The Kier molecular flexibility index (Phi) is 1.94. The van der Waals surface area contributed by atoms with E-state index in [1.165, 1.54) is 0 Å². The second-order valence-electron chi connectivity index (χ2n) is 1.82. The van der Waals surface area contributed by atoms with Gasteiger partial charge in [-0.05, 0) is 13.0 Å². The number of hydrogen-bond acceptors (Lipinski definition) is 0. The summed E-state index contributed by atoms with van der Waals surface area (Å²) in [4.78, 5) is 0. The molecule has 0 aromatic heterocycles. The van der Waals surface area contributed by atoms with E-state index in [1.54, 1.807) is 6.08 Å². The van der Waals surface area contributed by atoms with E-state index in [1.807, 2.05) is 0 Å². The van der Waals surface area contributed by atoms with Gasteiger partial charge in [-0.1, -0.05) is 6.58 Å². The molecule has 0 rings (SSSR count). The highest BCUT2D eigenvalue weighted by Gasteiger charge is 2.12. The zero-order valence-corrected chi connectivity index (χ0v) is 4.61. The van der Waals surface area contributed by atoms with Crippen LogP contribution in [0.5, 0.6) is 0 Å². The Morgan fingerprint density at radius 3 is 2.29 bits per heavy atom. The maximum absolute atomic E-state index is 3.72. The van der Waals surface area contributed by atoms with Crippen molar-refractivity contribution in [3.63, 3.8) is 0 Å². The Morgan fingerprint density at radius 1 is 1.86 bits per heavy atom. The summed E-state index contributed by atoms with van der Waals surface area (Å²) in [6.45, 7) is 14.6. The summed E-state index contributed by atoms with van der Waals surface area (Å²) < 4.78 is 0. The molecular weight excluding hydrogens is 84.1 g/mol. The van der Waals surface area contributed by atoms with Crippen LogP contribution in [0.2, 0.25) is 0 Å². The molecule has 0 fully saturated rings. The minimum Gasteiger partial charge on any atom is -0.338 e. The van der Waals surface area contributed by atoms with E-state index in [0.717, 1.165) is 0 Å². The molecule has 0 aromatic rings. The Hall–Kier alpha value is -0.390. The smallest absolute Gasteiger partial charge is 0.0964 e. The van der Waals surface area contributed by atoms with Crippen molar-refractivity contribution in [2.24, 2.45) is 5.41 Å². The van der Waals surface area contributed by atoms with Gasteiger partial charge in [0.1, 0.15) is 0 Å². The van der Waals surface area contributed by atoms with Gasteiger partial charge in [-0.25, -0.2) is 0 Å². The lowest BCUT2D eigenvalue weighted by molar-refractivity contribution is 0.630. The molecule has 0 atom stereocenters. The van der Waals surface area contributed by atoms with Crippen LogP contribution >= 0.6 is 0 Å². The molecule has 0 aromatic carbocycles. The van der Waals surface area contributed by atoms with Gasteiger partial charge in [0, 0.05) is 0 Å². The standard InChI is InChI=1S/C7H11/c1-5-7(3,4)6-2/h5H,1-4,6H2. The Bertz CT molecular complexity index is 60.4. The molecule has 0 saturated heterocycles. The Labute approximate surface area is 46.2 Å². The second-order valence-corrected chi connectivity index (χ2v) is 1.82. The van der Waals surface area contributed by atoms with Crippen LogP contribution in [0.3, 0.4) is 0 Å². The Balaban J connectivity index is 3.58. The summed E-state index contributed by atoms with van der Waals surface area (Å²) in [5.74, 6) is 0. The second kappa shape index (κ2) is 2.06. The van der Waals surface area contributed by atoms with Crippen molar-refractivity contribution in [3.05, 3.63) is 33.4 Å². The highest BCUT2D eigenvalue weighted by molar-refractivity contribution is 4.99. The molecule has 0 unspecified atom stereocenters. The first-order chi connectivity index (χ1) is 3.12. The van der Waals surface area contributed by atoms with E-state index in [-0.39, 0.29) is 5.41 Å². The van der Waals surface area contributed by atoms with E-state index >= 15 is 0 Å². The highest BCUT2D eigenvalue weighted by atomic mass is 14.1. The van der Waals surface area contributed by atoms with E-state index in [4.69, 9.17) is 0 Å². The molecule has 0 heteroatoms. The summed E-state index contributed by atoms with van der Waals surface area (Å²) in [6.07, 6.45) is 2.41. The molecule has 0 N–H and O–H groups in total. The van der Waals surface area contributed by atoms with Crippen LogP contribution < -0.4 is 0 Å². The van der Waals surface area contributed by atoms with E-state index in [0.29, 0.717) is 6.42 Å². The van der Waals surface area contributed by atoms with Gasteiger partial charge in [0.05, 0.1) is 12.3 Å². The van der Waals surface area contributed by atoms with Crippen LogP contribution in [-0.2, 0) is 0 Å². The first-order valence-electron chi connectivity index (χ1n) is 2.26. The fourth-order valence-corrected chi connectivity index (χ4v) is 0.102. The van der Waals surface area contributed by atoms with Crippen molar-refractivity contribution in [3.8, 4) is 0 Å². The largest absolute Gasteiger partial charge is 0.338 e. The summed E-state index contributed by atoms with van der Waals surface area (Å²) >= 11 is 0. The summed E-state index contributed by atoms with van der Waals surface area (Å²) in [6, 6.07) is 0. The maximum atomic E-state index is 3.72. The van der Waals surface area contributed by atoms with Gasteiger partial charge in [-0.3, -0.25) is 0 Å². The molecule has 0 aliphatic heterocycles. The fraction of sp³-hybridized carbons (Fsp3) is 0.286. The van der Waals surface area contributed by atoms with Crippen molar-refractivity contribution in [2.45, 2.75) is 6.42 Å². The SMILES string of the molecule is [CH2]C([CH2+])(C=C)C[CH2-]. The van der Waals surface area contributed by atoms with Crippen LogP contribution in [0.15, 0.2) is 12.7 Å². The number of rotatable bonds is 2. The molecule has 7 heavy (non-hydrogen) atoms. The molecule has 0 aliphatic rings. The molecule has 0 bridgehead atoms. The Morgan fingerprint density at radius 2 is 2.29 bits per heavy atom. The molecular formula is C7H11. The van der Waals surface area contributed by atoms with Crippen LogP contribution in [0.4, 0.5) is 0 Å². The molecule has 0 nitrogen and oxygen atoms in total. The minimum atomic E-state index is -0.264. The van der Waals surface area contributed by atoms with Crippen LogP contribution in [0.1, 0.15) is 6.42 Å². The number of hydrogen-bond donors (Lipinski definition) is 0. The lowest BCUT2D eigenvalue weighted by Crippen LogP contribution is -2.04. The van der Waals surface area contributed by atoms with Gasteiger partial charge in [-0.2, -0.15) is 0 Å². The van der Waals surface area contributed by atoms with Gasteiger partial charge < -0.3 is 6.92 Å². The normalized spacial score (nSPS) is 18.0. The van der Waals surface area contributed by atoms with Gasteiger partial charge in [0.2, 0.25) is 0 Å². The fourth-order valence-electron chi connectivity index (χ4n) is 0.102. The van der Waals surface area contributed by atoms with Crippen molar-refractivity contribution < 1.29 is 0 Å². The molecule has 0 spiro atoms. The molecule has 0 saturated carbocycles. The summed E-state index contributed by atoms with van der Waals surface area (Å²) in [7, 11) is 0. The third-order valence-corrected chi connectivity index (χ3v) is 0.931. The van der Waals surface area contributed by atoms with Crippen molar-refractivity contribution in [2.75, 3.05) is 0 Å². The molecule has 39 valence electrons. The van der Waals surface area contributed by atoms with Gasteiger partial charge in [-0.15, -0.1) is 6.42 Å². The van der Waals surface area contributed by atoms with Gasteiger partial charge in [0.15, 0.2) is 0 Å². The average Bonchev–Trinajstić information content (AvgIpc) is 1.68. The monoisotopic (exact) mass is 95.1 g/mol. The van der Waals surface area contributed by atoms with Gasteiger partial charge >= 0.3 is 0 Å². The predicted molar refractivity (Wildman–Crippen MR) is 33.3 cm³/mol. The van der Waals surface area contributed by atoms with Crippen molar-refractivity contribution >= 4 is 0 Å². The molecule has 0 amide bonds. The topological polar surface area (TPSA) is 0 Å². The van der Waals surface area contributed by atoms with Crippen molar-refractivity contribution in [1.29, 1.82) is 0 Å². The molecule has 0 aliphatic carbocycles. The average molecular weight is 95.2 g/mol. The molecule has 1 radical (unpaired) electrons. The van der Waals surface area contributed by atoms with E-state index in [9.17, 15) is 0 Å². The van der Waals surface area contributed by atoms with Crippen molar-refractivity contribution in [1.82, 2.24) is 0 Å². The lowest BCUT2D eigenvalue weighted by atomic mass is 9.91.